The number of carbonyl (C=O) groups is 1. The predicted molar refractivity (Wildman–Crippen MR) is 79.0 cm³/mol. The highest BCUT2D eigenvalue weighted by molar-refractivity contribution is 9.10. The highest BCUT2D eigenvalue weighted by Crippen LogP contribution is 2.25. The minimum absolute atomic E-state index is 0.651. The molecule has 0 spiro atoms. The molecular weight excluding hydrogens is 308 g/mol. The van der Waals surface area contributed by atoms with E-state index in [2.05, 4.69) is 32.8 Å². The number of nitrogens with zero attached hydrogens (tertiary/aromatic N) is 2. The normalized spacial score (nSPS) is 17.4. The van der Waals surface area contributed by atoms with Crippen molar-refractivity contribution in [1.29, 1.82) is 0 Å². The number of aldehydes is 1. The number of ether oxygens (including phenoxy) is 1. The van der Waals surface area contributed by atoms with Gasteiger partial charge >= 0.3 is 0 Å². The van der Waals surface area contributed by atoms with Crippen LogP contribution in [0.3, 0.4) is 0 Å². The van der Waals surface area contributed by atoms with E-state index in [1.54, 1.807) is 12.1 Å². The molecule has 0 radical (unpaired) electrons. The zero-order valence-electron chi connectivity index (χ0n) is 11.1. The third kappa shape index (κ3) is 4.30. The van der Waals surface area contributed by atoms with E-state index in [9.17, 15) is 4.79 Å². The van der Waals surface area contributed by atoms with Gasteiger partial charge in [-0.1, -0.05) is 0 Å². The number of piperazine rings is 1. The molecule has 1 aliphatic rings. The van der Waals surface area contributed by atoms with Gasteiger partial charge < -0.3 is 9.64 Å². The Bertz CT molecular complexity index is 431. The summed E-state index contributed by atoms with van der Waals surface area (Å²) in [5, 5.41) is 0. The third-order valence-electron chi connectivity index (χ3n) is 3.35. The lowest BCUT2D eigenvalue weighted by Gasteiger charge is -2.32. The van der Waals surface area contributed by atoms with E-state index in [4.69, 9.17) is 4.74 Å². The molecule has 1 aromatic carbocycles. The largest absolute Gasteiger partial charge is 0.491 e. The number of carbonyl (C=O) groups excluding carboxylic acids is 1. The van der Waals surface area contributed by atoms with Crippen molar-refractivity contribution < 1.29 is 9.53 Å². The molecular formula is C14H19BrN2O2. The van der Waals surface area contributed by atoms with Crippen LogP contribution in [-0.4, -0.2) is 62.5 Å². The molecule has 0 aromatic heterocycles. The number of hydrogen-bond acceptors (Lipinski definition) is 4. The predicted octanol–water partition coefficient (Wildman–Crippen LogP) is 1.89. The Morgan fingerprint density at radius 1 is 1.32 bits per heavy atom. The van der Waals surface area contributed by atoms with E-state index in [1.165, 1.54) is 0 Å². The van der Waals surface area contributed by atoms with Gasteiger partial charge in [-0.25, -0.2) is 0 Å². The molecule has 0 saturated carbocycles. The SMILES string of the molecule is CN1CCN(CCOc2ccc(C=O)cc2Br)CC1. The van der Waals surface area contributed by atoms with Crippen LogP contribution in [0.25, 0.3) is 0 Å². The van der Waals surface area contributed by atoms with Crippen LogP contribution in [0, 0.1) is 0 Å². The Morgan fingerprint density at radius 2 is 2.05 bits per heavy atom. The summed E-state index contributed by atoms with van der Waals surface area (Å²) >= 11 is 3.42. The van der Waals surface area contributed by atoms with Gasteiger partial charge in [0.25, 0.3) is 0 Å². The molecule has 0 aliphatic carbocycles. The first-order chi connectivity index (χ1) is 9.19. The van der Waals surface area contributed by atoms with Gasteiger partial charge in [-0.2, -0.15) is 0 Å². The quantitative estimate of drug-likeness (QED) is 0.773. The summed E-state index contributed by atoms with van der Waals surface area (Å²) in [7, 11) is 2.15. The maximum absolute atomic E-state index is 10.6. The van der Waals surface area contributed by atoms with Crippen molar-refractivity contribution >= 4 is 22.2 Å². The molecule has 1 aliphatic heterocycles. The van der Waals surface area contributed by atoms with Crippen LogP contribution in [-0.2, 0) is 0 Å². The maximum atomic E-state index is 10.6. The average Bonchev–Trinajstić information content (AvgIpc) is 2.42. The fourth-order valence-electron chi connectivity index (χ4n) is 2.06. The number of benzene rings is 1. The Hall–Kier alpha value is -0.910. The third-order valence-corrected chi connectivity index (χ3v) is 3.97. The van der Waals surface area contributed by atoms with Gasteiger partial charge in [0, 0.05) is 38.3 Å². The lowest BCUT2D eigenvalue weighted by Crippen LogP contribution is -2.45. The summed E-state index contributed by atoms with van der Waals surface area (Å²) in [6, 6.07) is 5.37. The summed E-state index contributed by atoms with van der Waals surface area (Å²) in [6.07, 6.45) is 0.832. The van der Waals surface area contributed by atoms with Gasteiger partial charge in [-0.3, -0.25) is 9.69 Å². The van der Waals surface area contributed by atoms with E-state index >= 15 is 0 Å². The van der Waals surface area contributed by atoms with Gasteiger partial charge in [-0.15, -0.1) is 0 Å². The summed E-state index contributed by atoms with van der Waals surface area (Å²) in [4.78, 5) is 15.4. The Labute approximate surface area is 122 Å². The summed E-state index contributed by atoms with van der Waals surface area (Å²) in [6.45, 7) is 6.06. The van der Waals surface area contributed by atoms with Crippen molar-refractivity contribution in [2.45, 2.75) is 0 Å². The van der Waals surface area contributed by atoms with Gasteiger partial charge in [0.05, 0.1) is 4.47 Å². The monoisotopic (exact) mass is 326 g/mol. The maximum Gasteiger partial charge on any atom is 0.150 e. The summed E-state index contributed by atoms with van der Waals surface area (Å²) in [5.74, 6) is 0.791. The van der Waals surface area contributed by atoms with Crippen molar-refractivity contribution in [3.8, 4) is 5.75 Å². The highest BCUT2D eigenvalue weighted by Gasteiger charge is 2.13. The second kappa shape index (κ2) is 7.03. The second-order valence-corrected chi connectivity index (χ2v) is 5.66. The van der Waals surface area contributed by atoms with Crippen molar-refractivity contribution in [3.63, 3.8) is 0 Å². The van der Waals surface area contributed by atoms with Crippen molar-refractivity contribution in [2.24, 2.45) is 0 Å². The van der Waals surface area contributed by atoms with Crippen LogP contribution in [0.15, 0.2) is 22.7 Å². The zero-order chi connectivity index (χ0) is 13.7. The van der Waals surface area contributed by atoms with Crippen LogP contribution in [0.5, 0.6) is 5.75 Å². The van der Waals surface area contributed by atoms with Crippen LogP contribution < -0.4 is 4.74 Å². The molecule has 0 amide bonds. The van der Waals surface area contributed by atoms with E-state index in [1.807, 2.05) is 6.07 Å². The smallest absolute Gasteiger partial charge is 0.150 e. The van der Waals surface area contributed by atoms with Crippen LogP contribution in [0.1, 0.15) is 10.4 Å². The zero-order valence-corrected chi connectivity index (χ0v) is 12.7. The first kappa shape index (κ1) is 14.5. The minimum Gasteiger partial charge on any atom is -0.491 e. The molecule has 1 aromatic rings. The average molecular weight is 327 g/mol. The van der Waals surface area contributed by atoms with Crippen LogP contribution in [0.2, 0.25) is 0 Å². The number of likely N-dealkylation sites (N-methyl/N-ethyl adjacent to an activating group) is 1. The molecule has 5 heteroatoms. The molecule has 1 saturated heterocycles. The Morgan fingerprint density at radius 3 is 2.68 bits per heavy atom. The van der Waals surface area contributed by atoms with Gasteiger partial charge in [0.2, 0.25) is 0 Å². The molecule has 0 unspecified atom stereocenters. The molecule has 104 valence electrons. The molecule has 2 rings (SSSR count). The number of rotatable bonds is 5. The van der Waals surface area contributed by atoms with E-state index in [0.29, 0.717) is 12.2 Å². The molecule has 0 atom stereocenters. The summed E-state index contributed by atoms with van der Waals surface area (Å²) in [5.41, 5.74) is 0.651. The molecule has 0 bridgehead atoms. The minimum atomic E-state index is 0.651. The van der Waals surface area contributed by atoms with Crippen molar-refractivity contribution in [1.82, 2.24) is 9.80 Å². The van der Waals surface area contributed by atoms with Crippen LogP contribution >= 0.6 is 15.9 Å². The summed E-state index contributed by atoms with van der Waals surface area (Å²) < 4.78 is 6.58. The van der Waals surface area contributed by atoms with Gasteiger partial charge in [0.15, 0.2) is 0 Å². The number of hydrogen-bond donors (Lipinski definition) is 0. The van der Waals surface area contributed by atoms with Crippen LogP contribution in [0.4, 0.5) is 0 Å². The van der Waals surface area contributed by atoms with Crippen molar-refractivity contribution in [2.75, 3.05) is 46.4 Å². The lowest BCUT2D eigenvalue weighted by atomic mass is 10.2. The Kier molecular flexibility index (Phi) is 5.36. The molecule has 4 nitrogen and oxygen atoms in total. The van der Waals surface area contributed by atoms with Gasteiger partial charge in [0.1, 0.15) is 18.6 Å². The molecule has 19 heavy (non-hydrogen) atoms. The standard InChI is InChI=1S/C14H19BrN2O2/c1-16-4-6-17(7-5-16)8-9-19-14-3-2-12(11-18)10-13(14)15/h2-3,10-11H,4-9H2,1H3. The first-order valence-corrected chi connectivity index (χ1v) is 7.27. The fraction of sp³-hybridized carbons (Fsp3) is 0.500. The first-order valence-electron chi connectivity index (χ1n) is 6.47. The topological polar surface area (TPSA) is 32.8 Å². The lowest BCUT2D eigenvalue weighted by molar-refractivity contribution is 0.112. The number of halogens is 1. The van der Waals surface area contributed by atoms with E-state index in [0.717, 1.165) is 49.2 Å². The second-order valence-electron chi connectivity index (χ2n) is 4.80. The van der Waals surface area contributed by atoms with E-state index < -0.39 is 0 Å². The Balaban J connectivity index is 1.78. The van der Waals surface area contributed by atoms with E-state index in [-0.39, 0.29) is 0 Å². The molecule has 0 N–H and O–H groups in total. The molecule has 1 heterocycles. The highest BCUT2D eigenvalue weighted by atomic mass is 79.9. The van der Waals surface area contributed by atoms with Gasteiger partial charge in [-0.05, 0) is 41.2 Å². The van der Waals surface area contributed by atoms with Crippen molar-refractivity contribution in [3.05, 3.63) is 28.2 Å². The fourth-order valence-corrected chi connectivity index (χ4v) is 2.57. The molecule has 1 fully saturated rings.